The highest BCUT2D eigenvalue weighted by Gasteiger charge is 2.31. The van der Waals surface area contributed by atoms with E-state index in [1.807, 2.05) is 0 Å². The number of halogens is 1. The lowest BCUT2D eigenvalue weighted by molar-refractivity contribution is 0.0464. The monoisotopic (exact) mass is 297 g/mol. The van der Waals surface area contributed by atoms with Gasteiger partial charge in [0.2, 0.25) is 0 Å². The summed E-state index contributed by atoms with van der Waals surface area (Å²) in [4.78, 5) is 23.9. The third kappa shape index (κ3) is 3.42. The number of carbonyl (C=O) groups excluding carboxylic acids is 2. The largest absolute Gasteiger partial charge is 0.490 e. The van der Waals surface area contributed by atoms with E-state index in [0.29, 0.717) is 16.3 Å². The van der Waals surface area contributed by atoms with Gasteiger partial charge in [0.25, 0.3) is 0 Å². The second-order valence-corrected chi connectivity index (χ2v) is 5.95. The molecule has 1 unspecified atom stereocenters. The number of fused-ring (bicyclic) bond motifs is 1. The van der Waals surface area contributed by atoms with Crippen molar-refractivity contribution in [3.63, 3.8) is 0 Å². The summed E-state index contributed by atoms with van der Waals surface area (Å²) in [5.41, 5.74) is -0.256. The predicted molar refractivity (Wildman–Crippen MR) is 74.4 cm³/mol. The van der Waals surface area contributed by atoms with Crippen molar-refractivity contribution in [1.82, 2.24) is 5.32 Å². The van der Waals surface area contributed by atoms with Crippen molar-refractivity contribution in [2.45, 2.75) is 32.4 Å². The average molecular weight is 298 g/mol. The molecule has 1 aromatic rings. The number of amides is 1. The lowest BCUT2D eigenvalue weighted by Gasteiger charge is -2.26. The number of carbonyl (C=O) groups is 2. The van der Waals surface area contributed by atoms with Gasteiger partial charge >= 0.3 is 6.09 Å². The minimum absolute atomic E-state index is 0.0761. The molecule has 0 bridgehead atoms. The van der Waals surface area contributed by atoms with Crippen LogP contribution in [0.4, 0.5) is 4.79 Å². The van der Waals surface area contributed by atoms with Gasteiger partial charge in [-0.05, 0) is 39.0 Å². The SMILES string of the molecule is CC(C)(C)OC(=O)NC1COc2ccc(Cl)cc2C1=O. The van der Waals surface area contributed by atoms with Crippen LogP contribution in [0, 0.1) is 0 Å². The van der Waals surface area contributed by atoms with E-state index in [1.54, 1.807) is 32.9 Å². The number of hydrogen-bond donors (Lipinski definition) is 1. The lowest BCUT2D eigenvalue weighted by atomic mass is 10.0. The zero-order chi connectivity index (χ0) is 14.9. The summed E-state index contributed by atoms with van der Waals surface area (Å²) in [5, 5.41) is 2.95. The Kier molecular flexibility index (Phi) is 3.90. The smallest absolute Gasteiger partial charge is 0.408 e. The van der Waals surface area contributed by atoms with E-state index in [-0.39, 0.29) is 12.4 Å². The maximum Gasteiger partial charge on any atom is 0.408 e. The molecule has 1 aliphatic rings. The molecule has 2 rings (SSSR count). The molecule has 108 valence electrons. The molecule has 1 atom stereocenters. The molecule has 6 heteroatoms. The Balaban J connectivity index is 2.09. The second-order valence-electron chi connectivity index (χ2n) is 5.51. The number of rotatable bonds is 1. The van der Waals surface area contributed by atoms with Crippen molar-refractivity contribution in [1.29, 1.82) is 0 Å². The van der Waals surface area contributed by atoms with Crippen LogP contribution in [0.3, 0.4) is 0 Å². The van der Waals surface area contributed by atoms with Gasteiger partial charge < -0.3 is 14.8 Å². The van der Waals surface area contributed by atoms with Crippen molar-refractivity contribution >= 4 is 23.5 Å². The summed E-state index contributed by atoms with van der Waals surface area (Å²) in [6.07, 6.45) is -0.648. The summed E-state index contributed by atoms with van der Waals surface area (Å²) < 4.78 is 10.6. The van der Waals surface area contributed by atoms with Gasteiger partial charge in [-0.15, -0.1) is 0 Å². The molecular formula is C14H16ClNO4. The molecule has 1 heterocycles. The number of hydrogen-bond acceptors (Lipinski definition) is 4. The van der Waals surface area contributed by atoms with Crippen molar-refractivity contribution in [3.8, 4) is 5.75 Å². The number of alkyl carbamates (subject to hydrolysis) is 1. The molecule has 0 fully saturated rings. The van der Waals surface area contributed by atoms with Crippen LogP contribution in [-0.4, -0.2) is 30.1 Å². The van der Waals surface area contributed by atoms with Crippen LogP contribution in [0.15, 0.2) is 18.2 Å². The number of Topliss-reactive ketones (excluding diaryl/α,β-unsaturated/α-hetero) is 1. The Morgan fingerprint density at radius 3 is 2.80 bits per heavy atom. The van der Waals surface area contributed by atoms with Crippen LogP contribution in [-0.2, 0) is 4.74 Å². The molecule has 0 aliphatic carbocycles. The predicted octanol–water partition coefficient (Wildman–Crippen LogP) is 2.81. The van der Waals surface area contributed by atoms with Crippen LogP contribution in [0.1, 0.15) is 31.1 Å². The van der Waals surface area contributed by atoms with Crippen LogP contribution < -0.4 is 10.1 Å². The third-order valence-electron chi connectivity index (χ3n) is 2.62. The summed E-state index contributed by atoms with van der Waals surface area (Å²) in [6, 6.07) is 4.05. The molecule has 1 amide bonds. The fourth-order valence-corrected chi connectivity index (χ4v) is 1.99. The first kappa shape index (κ1) is 14.7. The topological polar surface area (TPSA) is 64.6 Å². The minimum Gasteiger partial charge on any atom is -0.490 e. The highest BCUT2D eigenvalue weighted by Crippen LogP contribution is 2.27. The summed E-state index contributed by atoms with van der Waals surface area (Å²) in [6.45, 7) is 5.33. The van der Waals surface area contributed by atoms with Crippen LogP contribution in [0.2, 0.25) is 5.02 Å². The fourth-order valence-electron chi connectivity index (χ4n) is 1.81. The van der Waals surface area contributed by atoms with E-state index in [0.717, 1.165) is 0 Å². The standard InChI is InChI=1S/C14H16ClNO4/c1-14(2,3)20-13(18)16-10-7-19-11-5-4-8(15)6-9(11)12(10)17/h4-6,10H,7H2,1-3H3,(H,16,18). The quantitative estimate of drug-likeness (QED) is 0.865. The Labute approximate surface area is 122 Å². The third-order valence-corrected chi connectivity index (χ3v) is 2.86. The van der Waals surface area contributed by atoms with Crippen molar-refractivity contribution in [3.05, 3.63) is 28.8 Å². The molecule has 20 heavy (non-hydrogen) atoms. The molecule has 5 nitrogen and oxygen atoms in total. The van der Waals surface area contributed by atoms with Crippen LogP contribution in [0.25, 0.3) is 0 Å². The highest BCUT2D eigenvalue weighted by molar-refractivity contribution is 6.31. The second kappa shape index (κ2) is 5.32. The van der Waals surface area contributed by atoms with E-state index in [9.17, 15) is 9.59 Å². The van der Waals surface area contributed by atoms with Crippen molar-refractivity contribution in [2.75, 3.05) is 6.61 Å². The Morgan fingerprint density at radius 1 is 1.45 bits per heavy atom. The molecule has 1 N–H and O–H groups in total. The maximum absolute atomic E-state index is 12.3. The zero-order valence-electron chi connectivity index (χ0n) is 11.5. The molecule has 0 spiro atoms. The van der Waals surface area contributed by atoms with Crippen LogP contribution >= 0.6 is 11.6 Å². The van der Waals surface area contributed by atoms with E-state index < -0.39 is 17.7 Å². The van der Waals surface area contributed by atoms with Crippen molar-refractivity contribution < 1.29 is 19.1 Å². The van der Waals surface area contributed by atoms with Crippen LogP contribution in [0.5, 0.6) is 5.75 Å². The van der Waals surface area contributed by atoms with Gasteiger partial charge in [-0.2, -0.15) is 0 Å². The van der Waals surface area contributed by atoms with Gasteiger partial charge in [0, 0.05) is 5.02 Å². The molecule has 0 saturated carbocycles. The minimum atomic E-state index is -0.768. The van der Waals surface area contributed by atoms with Gasteiger partial charge in [0.1, 0.15) is 24.0 Å². The molecule has 0 radical (unpaired) electrons. The molecule has 1 aliphatic heterocycles. The number of ether oxygens (including phenoxy) is 2. The fraction of sp³-hybridized carbons (Fsp3) is 0.429. The summed E-state index contributed by atoms with van der Waals surface area (Å²) >= 11 is 5.86. The first-order chi connectivity index (χ1) is 9.26. The molecule has 1 aromatic carbocycles. The first-order valence-corrected chi connectivity index (χ1v) is 6.60. The highest BCUT2D eigenvalue weighted by atomic mass is 35.5. The van der Waals surface area contributed by atoms with Gasteiger partial charge in [0.05, 0.1) is 5.56 Å². The number of nitrogens with one attached hydrogen (secondary N) is 1. The van der Waals surface area contributed by atoms with E-state index in [4.69, 9.17) is 21.1 Å². The van der Waals surface area contributed by atoms with E-state index in [1.165, 1.54) is 6.07 Å². The lowest BCUT2D eigenvalue weighted by Crippen LogP contribution is -2.48. The van der Waals surface area contributed by atoms with Gasteiger partial charge in [-0.1, -0.05) is 11.6 Å². The van der Waals surface area contributed by atoms with Crippen molar-refractivity contribution in [2.24, 2.45) is 0 Å². The Morgan fingerprint density at radius 2 is 2.15 bits per heavy atom. The summed E-state index contributed by atoms with van der Waals surface area (Å²) in [5.74, 6) is 0.237. The molecule has 0 saturated heterocycles. The Bertz CT molecular complexity index is 551. The van der Waals surface area contributed by atoms with E-state index >= 15 is 0 Å². The Hall–Kier alpha value is -1.75. The van der Waals surface area contributed by atoms with E-state index in [2.05, 4.69) is 5.32 Å². The number of benzene rings is 1. The summed E-state index contributed by atoms with van der Waals surface area (Å²) in [7, 11) is 0. The molecule has 0 aromatic heterocycles. The number of ketones is 1. The average Bonchev–Trinajstić information content (AvgIpc) is 2.31. The van der Waals surface area contributed by atoms with Gasteiger partial charge in [-0.3, -0.25) is 4.79 Å². The van der Waals surface area contributed by atoms with Gasteiger partial charge in [0.15, 0.2) is 5.78 Å². The molecular weight excluding hydrogens is 282 g/mol. The zero-order valence-corrected chi connectivity index (χ0v) is 12.3. The maximum atomic E-state index is 12.3. The normalized spacial score (nSPS) is 18.0. The van der Waals surface area contributed by atoms with Gasteiger partial charge in [-0.25, -0.2) is 4.79 Å². The first-order valence-electron chi connectivity index (χ1n) is 6.22.